The zero-order chi connectivity index (χ0) is 15.2. The monoisotopic (exact) mass is 290 g/mol. The van der Waals surface area contributed by atoms with Gasteiger partial charge in [0.1, 0.15) is 0 Å². The third-order valence-corrected chi connectivity index (χ3v) is 3.88. The van der Waals surface area contributed by atoms with Gasteiger partial charge in [-0.05, 0) is 31.4 Å². The van der Waals surface area contributed by atoms with Gasteiger partial charge in [0.2, 0.25) is 0 Å². The summed E-state index contributed by atoms with van der Waals surface area (Å²) in [5.41, 5.74) is 1.29. The molecule has 2 rings (SSSR count). The van der Waals surface area contributed by atoms with E-state index in [1.807, 2.05) is 0 Å². The number of aryl methyl sites for hydroxylation is 1. The molecular weight excluding hydrogens is 268 g/mol. The molecule has 0 spiro atoms. The molecule has 21 heavy (non-hydrogen) atoms. The first-order valence-electron chi connectivity index (χ1n) is 7.48. The maximum Gasteiger partial charge on any atom is 0.337 e. The van der Waals surface area contributed by atoms with E-state index in [2.05, 4.69) is 5.32 Å². The lowest BCUT2D eigenvalue weighted by Crippen LogP contribution is -2.37. The van der Waals surface area contributed by atoms with E-state index < -0.39 is 5.97 Å². The number of benzene rings is 1. The normalized spacial score (nSPS) is 16.0. The fourth-order valence-electron chi connectivity index (χ4n) is 2.65. The van der Waals surface area contributed by atoms with Gasteiger partial charge in [0.05, 0.1) is 11.3 Å². The van der Waals surface area contributed by atoms with Gasteiger partial charge in [0.25, 0.3) is 0 Å². The Balaban J connectivity index is 2.13. The van der Waals surface area contributed by atoms with Gasteiger partial charge in [0, 0.05) is 13.1 Å². The molecule has 0 aliphatic carbocycles. The number of carbonyl (C=O) groups is 2. The maximum absolute atomic E-state index is 12.4. The number of nitrogens with one attached hydrogen (secondary N) is 1. The molecule has 2 N–H and O–H groups in total. The molecule has 5 nitrogen and oxygen atoms in total. The number of carboxylic acid groups (broad SMARTS) is 1. The summed E-state index contributed by atoms with van der Waals surface area (Å²) in [6, 6.07) is 4.80. The molecule has 0 atom stereocenters. The molecule has 1 aliphatic rings. The molecule has 1 aromatic rings. The summed E-state index contributed by atoms with van der Waals surface area (Å²) in [6.07, 6.45) is 5.54. The third-order valence-electron chi connectivity index (χ3n) is 3.88. The van der Waals surface area contributed by atoms with Crippen LogP contribution in [0.5, 0.6) is 0 Å². The van der Waals surface area contributed by atoms with Crippen molar-refractivity contribution in [2.24, 2.45) is 0 Å². The second-order valence-corrected chi connectivity index (χ2v) is 5.49. The first-order chi connectivity index (χ1) is 10.1. The van der Waals surface area contributed by atoms with E-state index in [9.17, 15) is 14.7 Å². The number of carboxylic acids is 1. The van der Waals surface area contributed by atoms with Crippen molar-refractivity contribution < 1.29 is 14.7 Å². The molecular formula is C16H22N2O3. The standard InChI is InChI=1S/C16H22N2O3/c1-12-8-7-9-13(15(19)20)14(12)17-16(21)18-10-5-3-2-4-6-11-18/h7-9H,2-6,10-11H2,1H3,(H,17,21)(H,19,20). The van der Waals surface area contributed by atoms with Crippen molar-refractivity contribution in [1.29, 1.82) is 0 Å². The summed E-state index contributed by atoms with van der Waals surface area (Å²) >= 11 is 0. The van der Waals surface area contributed by atoms with Gasteiger partial charge in [-0.25, -0.2) is 9.59 Å². The highest BCUT2D eigenvalue weighted by atomic mass is 16.4. The number of hydrogen-bond donors (Lipinski definition) is 2. The zero-order valence-corrected chi connectivity index (χ0v) is 12.4. The zero-order valence-electron chi connectivity index (χ0n) is 12.4. The van der Waals surface area contributed by atoms with E-state index in [0.717, 1.165) is 44.3 Å². The Morgan fingerprint density at radius 1 is 1.10 bits per heavy atom. The first kappa shape index (κ1) is 15.4. The van der Waals surface area contributed by atoms with Crippen molar-refractivity contribution in [1.82, 2.24) is 4.90 Å². The lowest BCUT2D eigenvalue weighted by atomic mass is 10.1. The van der Waals surface area contributed by atoms with Crippen LogP contribution in [0.3, 0.4) is 0 Å². The van der Waals surface area contributed by atoms with Crippen LogP contribution in [0.1, 0.15) is 48.0 Å². The summed E-state index contributed by atoms with van der Waals surface area (Å²) in [4.78, 5) is 25.4. The molecule has 1 saturated heterocycles. The number of amides is 2. The molecule has 1 aromatic carbocycles. The Hall–Kier alpha value is -2.04. The summed E-state index contributed by atoms with van der Waals surface area (Å²) in [5.74, 6) is -1.03. The number of carbonyl (C=O) groups excluding carboxylic acids is 1. The fraction of sp³-hybridized carbons (Fsp3) is 0.500. The van der Waals surface area contributed by atoms with Gasteiger partial charge in [-0.15, -0.1) is 0 Å². The highest BCUT2D eigenvalue weighted by Gasteiger charge is 2.19. The largest absolute Gasteiger partial charge is 0.478 e. The summed E-state index contributed by atoms with van der Waals surface area (Å²) in [5, 5.41) is 12.0. The van der Waals surface area contributed by atoms with Crippen molar-refractivity contribution in [3.8, 4) is 0 Å². The minimum absolute atomic E-state index is 0.135. The topological polar surface area (TPSA) is 69.6 Å². The molecule has 114 valence electrons. The average molecular weight is 290 g/mol. The molecule has 1 heterocycles. The molecule has 0 bridgehead atoms. The van der Waals surface area contributed by atoms with E-state index in [1.54, 1.807) is 24.0 Å². The molecule has 0 unspecified atom stereocenters. The molecule has 1 fully saturated rings. The van der Waals surface area contributed by atoms with Crippen LogP contribution in [0.15, 0.2) is 18.2 Å². The van der Waals surface area contributed by atoms with Crippen LogP contribution in [0, 0.1) is 6.92 Å². The van der Waals surface area contributed by atoms with Crippen LogP contribution in [0.4, 0.5) is 10.5 Å². The Kier molecular flexibility index (Phi) is 5.20. The summed E-state index contributed by atoms with van der Waals surface area (Å²) < 4.78 is 0. The van der Waals surface area contributed by atoms with Crippen LogP contribution in [-0.4, -0.2) is 35.1 Å². The van der Waals surface area contributed by atoms with Gasteiger partial charge < -0.3 is 15.3 Å². The van der Waals surface area contributed by atoms with Gasteiger partial charge in [-0.1, -0.05) is 31.4 Å². The molecule has 0 saturated carbocycles. The third kappa shape index (κ3) is 3.97. The quantitative estimate of drug-likeness (QED) is 0.876. The predicted molar refractivity (Wildman–Crippen MR) is 81.8 cm³/mol. The smallest absolute Gasteiger partial charge is 0.337 e. The lowest BCUT2D eigenvalue weighted by Gasteiger charge is -2.25. The van der Waals surface area contributed by atoms with E-state index in [1.165, 1.54) is 12.5 Å². The van der Waals surface area contributed by atoms with Gasteiger partial charge >= 0.3 is 12.0 Å². The van der Waals surface area contributed by atoms with Crippen LogP contribution in [0.25, 0.3) is 0 Å². The van der Waals surface area contributed by atoms with Crippen molar-refractivity contribution in [3.05, 3.63) is 29.3 Å². The van der Waals surface area contributed by atoms with Gasteiger partial charge in [-0.2, -0.15) is 0 Å². The Morgan fingerprint density at radius 3 is 2.33 bits per heavy atom. The molecule has 1 aliphatic heterocycles. The lowest BCUT2D eigenvalue weighted by molar-refractivity contribution is 0.0698. The van der Waals surface area contributed by atoms with Crippen LogP contribution in [0.2, 0.25) is 0 Å². The summed E-state index contributed by atoms with van der Waals surface area (Å²) in [6.45, 7) is 3.27. The van der Waals surface area contributed by atoms with Crippen molar-refractivity contribution in [2.45, 2.75) is 39.0 Å². The number of anilines is 1. The minimum Gasteiger partial charge on any atom is -0.478 e. The first-order valence-corrected chi connectivity index (χ1v) is 7.48. The molecule has 5 heteroatoms. The van der Waals surface area contributed by atoms with E-state index in [-0.39, 0.29) is 11.6 Å². The Labute approximate surface area is 125 Å². The Morgan fingerprint density at radius 2 is 1.71 bits per heavy atom. The van der Waals surface area contributed by atoms with E-state index in [4.69, 9.17) is 0 Å². The van der Waals surface area contributed by atoms with E-state index >= 15 is 0 Å². The number of hydrogen-bond acceptors (Lipinski definition) is 2. The molecule has 0 radical (unpaired) electrons. The molecule has 0 aromatic heterocycles. The van der Waals surface area contributed by atoms with Gasteiger partial charge in [0.15, 0.2) is 0 Å². The molecule has 2 amide bonds. The highest BCUT2D eigenvalue weighted by molar-refractivity contribution is 6.01. The number of rotatable bonds is 2. The number of nitrogens with zero attached hydrogens (tertiary/aromatic N) is 1. The van der Waals surface area contributed by atoms with Crippen LogP contribution < -0.4 is 5.32 Å². The van der Waals surface area contributed by atoms with Crippen molar-refractivity contribution >= 4 is 17.7 Å². The average Bonchev–Trinajstić information content (AvgIpc) is 2.40. The minimum atomic E-state index is -1.03. The van der Waals surface area contributed by atoms with Crippen LogP contribution >= 0.6 is 0 Å². The fourth-order valence-corrected chi connectivity index (χ4v) is 2.65. The summed E-state index contributed by atoms with van der Waals surface area (Å²) in [7, 11) is 0. The van der Waals surface area contributed by atoms with Gasteiger partial charge in [-0.3, -0.25) is 0 Å². The second kappa shape index (κ2) is 7.11. The predicted octanol–water partition coefficient (Wildman–Crippen LogP) is 3.49. The highest BCUT2D eigenvalue weighted by Crippen LogP contribution is 2.21. The Bertz CT molecular complexity index is 520. The van der Waals surface area contributed by atoms with Crippen molar-refractivity contribution in [2.75, 3.05) is 18.4 Å². The number of urea groups is 1. The second-order valence-electron chi connectivity index (χ2n) is 5.49. The number of aromatic carboxylic acids is 1. The number of para-hydroxylation sites is 1. The van der Waals surface area contributed by atoms with Crippen LogP contribution in [-0.2, 0) is 0 Å². The van der Waals surface area contributed by atoms with E-state index in [0.29, 0.717) is 5.69 Å². The number of likely N-dealkylation sites (tertiary alicyclic amines) is 1. The maximum atomic E-state index is 12.4. The van der Waals surface area contributed by atoms with Crippen molar-refractivity contribution in [3.63, 3.8) is 0 Å². The SMILES string of the molecule is Cc1cccc(C(=O)O)c1NC(=O)N1CCCCCCC1.